The topological polar surface area (TPSA) is 33.2 Å². The number of nitrogens with zero attached hydrogens (tertiary/aromatic N) is 2. The highest BCUT2D eigenvalue weighted by molar-refractivity contribution is 7.09. The Kier molecular flexibility index (Phi) is 2.82. The van der Waals surface area contributed by atoms with Crippen molar-refractivity contribution in [1.82, 2.24) is 9.88 Å². The maximum Gasteiger partial charge on any atom is 0.222 e. The molecule has 1 amide bonds. The average molecular weight is 210 g/mol. The summed E-state index contributed by atoms with van der Waals surface area (Å²) in [5.74, 6) is 0.253. The molecule has 1 aromatic heterocycles. The van der Waals surface area contributed by atoms with Crippen LogP contribution >= 0.6 is 11.3 Å². The van der Waals surface area contributed by atoms with E-state index in [4.69, 9.17) is 0 Å². The first kappa shape index (κ1) is 9.65. The quantitative estimate of drug-likeness (QED) is 0.750. The summed E-state index contributed by atoms with van der Waals surface area (Å²) in [6, 6.07) is 0.252. The molecule has 1 saturated heterocycles. The first-order valence-electron chi connectivity index (χ1n) is 5.01. The zero-order chi connectivity index (χ0) is 9.97. The van der Waals surface area contributed by atoms with Gasteiger partial charge in [0.25, 0.3) is 0 Å². The van der Waals surface area contributed by atoms with Gasteiger partial charge in [-0.2, -0.15) is 0 Å². The van der Waals surface area contributed by atoms with Gasteiger partial charge in [0.15, 0.2) is 0 Å². The third-order valence-electron chi connectivity index (χ3n) is 2.61. The zero-order valence-corrected chi connectivity index (χ0v) is 9.09. The van der Waals surface area contributed by atoms with E-state index < -0.39 is 0 Å². The molecule has 0 spiro atoms. The van der Waals surface area contributed by atoms with Crippen LogP contribution in [0.25, 0.3) is 0 Å². The van der Waals surface area contributed by atoms with Crippen LogP contribution in [-0.2, 0) is 4.79 Å². The molecule has 0 aliphatic carbocycles. The maximum atomic E-state index is 11.6. The Morgan fingerprint density at radius 2 is 2.64 bits per heavy atom. The highest BCUT2D eigenvalue weighted by Crippen LogP contribution is 2.33. The minimum Gasteiger partial charge on any atom is -0.333 e. The highest BCUT2D eigenvalue weighted by atomic mass is 32.1. The number of hydrogen-bond donors (Lipinski definition) is 0. The molecule has 0 radical (unpaired) electrons. The van der Waals surface area contributed by atoms with E-state index in [1.807, 2.05) is 23.4 Å². The van der Waals surface area contributed by atoms with Gasteiger partial charge < -0.3 is 4.90 Å². The predicted octanol–water partition coefficient (Wildman–Crippen LogP) is 2.22. The lowest BCUT2D eigenvalue weighted by Crippen LogP contribution is -2.29. The number of likely N-dealkylation sites (tertiary alicyclic amines) is 1. The summed E-state index contributed by atoms with van der Waals surface area (Å²) in [6.07, 6.45) is 4.59. The van der Waals surface area contributed by atoms with Gasteiger partial charge >= 0.3 is 0 Å². The SMILES string of the molecule is CCC(=O)N1CCCC1c1nccs1. The van der Waals surface area contributed by atoms with Crippen LogP contribution in [0.2, 0.25) is 0 Å². The van der Waals surface area contributed by atoms with Crippen LogP contribution in [0.4, 0.5) is 0 Å². The molecule has 0 aromatic carbocycles. The molecule has 14 heavy (non-hydrogen) atoms. The van der Waals surface area contributed by atoms with Crippen molar-refractivity contribution in [1.29, 1.82) is 0 Å². The summed E-state index contributed by atoms with van der Waals surface area (Å²) in [7, 11) is 0. The Morgan fingerprint density at radius 1 is 1.79 bits per heavy atom. The second kappa shape index (κ2) is 4.09. The molecule has 1 atom stereocenters. The lowest BCUT2D eigenvalue weighted by Gasteiger charge is -2.22. The third kappa shape index (κ3) is 1.66. The third-order valence-corrected chi connectivity index (χ3v) is 3.49. The van der Waals surface area contributed by atoms with Gasteiger partial charge in [0.2, 0.25) is 5.91 Å². The number of carbonyl (C=O) groups is 1. The lowest BCUT2D eigenvalue weighted by molar-refractivity contribution is -0.131. The van der Waals surface area contributed by atoms with Crippen LogP contribution in [0.5, 0.6) is 0 Å². The van der Waals surface area contributed by atoms with Gasteiger partial charge in [0, 0.05) is 24.5 Å². The minimum atomic E-state index is 0.252. The molecule has 2 rings (SSSR count). The van der Waals surface area contributed by atoms with Gasteiger partial charge in [0.05, 0.1) is 6.04 Å². The summed E-state index contributed by atoms with van der Waals surface area (Å²) in [6.45, 7) is 2.82. The van der Waals surface area contributed by atoms with E-state index in [1.165, 1.54) is 0 Å². The molecule has 1 aromatic rings. The van der Waals surface area contributed by atoms with E-state index in [9.17, 15) is 4.79 Å². The van der Waals surface area contributed by atoms with Crippen LogP contribution in [0.1, 0.15) is 37.2 Å². The van der Waals surface area contributed by atoms with Crippen LogP contribution in [0.3, 0.4) is 0 Å². The molecule has 0 saturated carbocycles. The van der Waals surface area contributed by atoms with E-state index in [2.05, 4.69) is 4.98 Å². The fourth-order valence-corrected chi connectivity index (χ4v) is 2.71. The van der Waals surface area contributed by atoms with E-state index in [0.717, 1.165) is 24.4 Å². The molecule has 4 heteroatoms. The molecule has 3 nitrogen and oxygen atoms in total. The molecule has 1 aliphatic rings. The smallest absolute Gasteiger partial charge is 0.222 e. The number of hydrogen-bond acceptors (Lipinski definition) is 3. The van der Waals surface area contributed by atoms with Crippen LogP contribution in [0.15, 0.2) is 11.6 Å². The van der Waals surface area contributed by atoms with Crippen molar-refractivity contribution >= 4 is 17.2 Å². The Labute approximate surface area is 87.8 Å². The second-order valence-electron chi connectivity index (χ2n) is 3.47. The minimum absolute atomic E-state index is 0.252. The first-order chi connectivity index (χ1) is 6.83. The normalized spacial score (nSPS) is 21.5. The standard InChI is InChI=1S/C10H14N2OS/c1-2-9(13)12-6-3-4-8(12)10-11-5-7-14-10/h5,7-8H,2-4,6H2,1H3. The fourth-order valence-electron chi connectivity index (χ4n) is 1.92. The Morgan fingerprint density at radius 3 is 3.29 bits per heavy atom. The van der Waals surface area contributed by atoms with E-state index >= 15 is 0 Å². The van der Waals surface area contributed by atoms with Crippen molar-refractivity contribution in [3.8, 4) is 0 Å². The predicted molar refractivity (Wildman–Crippen MR) is 56.1 cm³/mol. The summed E-state index contributed by atoms with van der Waals surface area (Å²) >= 11 is 1.65. The average Bonchev–Trinajstić information content (AvgIpc) is 2.85. The van der Waals surface area contributed by atoms with Crippen molar-refractivity contribution in [3.05, 3.63) is 16.6 Å². The van der Waals surface area contributed by atoms with Gasteiger partial charge in [-0.05, 0) is 12.8 Å². The van der Waals surface area contributed by atoms with E-state index in [1.54, 1.807) is 11.3 Å². The van der Waals surface area contributed by atoms with Crippen LogP contribution < -0.4 is 0 Å². The van der Waals surface area contributed by atoms with Crippen LogP contribution in [-0.4, -0.2) is 22.3 Å². The van der Waals surface area contributed by atoms with Gasteiger partial charge in [-0.15, -0.1) is 11.3 Å². The number of carbonyl (C=O) groups excluding carboxylic acids is 1. The van der Waals surface area contributed by atoms with E-state index in [0.29, 0.717) is 6.42 Å². The molecule has 0 N–H and O–H groups in total. The molecule has 1 unspecified atom stereocenters. The molecule has 76 valence electrons. The number of amides is 1. The van der Waals surface area contributed by atoms with Crippen molar-refractivity contribution in [3.63, 3.8) is 0 Å². The van der Waals surface area contributed by atoms with Gasteiger partial charge in [0.1, 0.15) is 5.01 Å². The van der Waals surface area contributed by atoms with Gasteiger partial charge in [-0.3, -0.25) is 4.79 Å². The van der Waals surface area contributed by atoms with E-state index in [-0.39, 0.29) is 11.9 Å². The monoisotopic (exact) mass is 210 g/mol. The second-order valence-corrected chi connectivity index (χ2v) is 4.40. The molecular weight excluding hydrogens is 196 g/mol. The summed E-state index contributed by atoms with van der Waals surface area (Å²) in [5, 5.41) is 3.06. The first-order valence-corrected chi connectivity index (χ1v) is 5.89. The summed E-state index contributed by atoms with van der Waals surface area (Å²) in [5.41, 5.74) is 0. The summed E-state index contributed by atoms with van der Waals surface area (Å²) < 4.78 is 0. The molecule has 0 bridgehead atoms. The largest absolute Gasteiger partial charge is 0.333 e. The molecule has 1 aliphatic heterocycles. The number of aromatic nitrogens is 1. The molecular formula is C10H14N2OS. The Balaban J connectivity index is 2.15. The summed E-state index contributed by atoms with van der Waals surface area (Å²) in [4.78, 5) is 17.9. The van der Waals surface area contributed by atoms with Crippen molar-refractivity contribution < 1.29 is 4.79 Å². The molecule has 1 fully saturated rings. The van der Waals surface area contributed by atoms with Gasteiger partial charge in [-0.1, -0.05) is 6.92 Å². The van der Waals surface area contributed by atoms with Gasteiger partial charge in [-0.25, -0.2) is 4.98 Å². The Bertz CT molecular complexity index is 310. The maximum absolute atomic E-state index is 11.6. The number of thiazole rings is 1. The fraction of sp³-hybridized carbons (Fsp3) is 0.600. The zero-order valence-electron chi connectivity index (χ0n) is 8.27. The lowest BCUT2D eigenvalue weighted by atomic mass is 10.2. The number of rotatable bonds is 2. The Hall–Kier alpha value is -0.900. The highest BCUT2D eigenvalue weighted by Gasteiger charge is 2.30. The van der Waals surface area contributed by atoms with Crippen molar-refractivity contribution in [2.45, 2.75) is 32.2 Å². The van der Waals surface area contributed by atoms with Crippen molar-refractivity contribution in [2.24, 2.45) is 0 Å². The van der Waals surface area contributed by atoms with Crippen molar-refractivity contribution in [2.75, 3.05) is 6.54 Å². The van der Waals surface area contributed by atoms with Crippen LogP contribution in [0, 0.1) is 0 Å². The molecule has 2 heterocycles.